The first-order valence-corrected chi connectivity index (χ1v) is 10.1. The first-order chi connectivity index (χ1) is 13.1. The molecule has 3 aromatic rings. The third-order valence-electron chi connectivity index (χ3n) is 3.45. The molecule has 0 saturated carbocycles. The Hall–Kier alpha value is -2.58. The number of carbonyl (C=O) groups excluding carboxylic acids is 2. The van der Waals surface area contributed by atoms with Gasteiger partial charge in [0.25, 0.3) is 0 Å². The molecule has 0 atom stereocenters. The van der Waals surface area contributed by atoms with Crippen LogP contribution >= 0.6 is 27.7 Å². The number of halogens is 1. The van der Waals surface area contributed by atoms with Crippen LogP contribution in [0.5, 0.6) is 0 Å². The highest BCUT2D eigenvalue weighted by molar-refractivity contribution is 9.10. The zero-order chi connectivity index (χ0) is 19.1. The van der Waals surface area contributed by atoms with Crippen molar-refractivity contribution in [3.8, 4) is 5.69 Å². The summed E-state index contributed by atoms with van der Waals surface area (Å²) in [4.78, 5) is 24.0. The summed E-state index contributed by atoms with van der Waals surface area (Å²) < 4.78 is 2.58. The molecule has 0 saturated heterocycles. The van der Waals surface area contributed by atoms with Gasteiger partial charge in [0, 0.05) is 22.4 Å². The van der Waals surface area contributed by atoms with Crippen LogP contribution < -0.4 is 10.6 Å². The highest BCUT2D eigenvalue weighted by Gasteiger charge is 2.08. The molecule has 1 heterocycles. The van der Waals surface area contributed by atoms with Gasteiger partial charge in [-0.1, -0.05) is 40.2 Å². The Morgan fingerprint density at radius 2 is 1.70 bits per heavy atom. The topological polar surface area (TPSA) is 76.0 Å². The van der Waals surface area contributed by atoms with Gasteiger partial charge in [0.15, 0.2) is 5.82 Å². The van der Waals surface area contributed by atoms with E-state index < -0.39 is 0 Å². The molecule has 2 N–H and O–H groups in total. The molecular weight excluding hydrogens is 428 g/mol. The molecule has 0 radical (unpaired) electrons. The van der Waals surface area contributed by atoms with Crippen LogP contribution in [0.25, 0.3) is 5.69 Å². The van der Waals surface area contributed by atoms with Crippen molar-refractivity contribution < 1.29 is 9.59 Å². The summed E-state index contributed by atoms with van der Waals surface area (Å²) in [5.41, 5.74) is 1.63. The van der Waals surface area contributed by atoms with Crippen molar-refractivity contribution in [2.45, 2.75) is 0 Å². The number of anilines is 2. The van der Waals surface area contributed by atoms with Crippen LogP contribution in [0.4, 0.5) is 11.5 Å². The molecule has 0 aliphatic heterocycles. The number of carbonyl (C=O) groups is 2. The van der Waals surface area contributed by atoms with Crippen molar-refractivity contribution >= 4 is 51.0 Å². The number of benzene rings is 2. The monoisotopic (exact) mass is 444 g/mol. The fraction of sp³-hybridized carbons (Fsp3) is 0.105. The molecule has 27 heavy (non-hydrogen) atoms. The number of nitrogens with one attached hydrogen (secondary N) is 2. The molecule has 0 bridgehead atoms. The lowest BCUT2D eigenvalue weighted by molar-refractivity contribution is -0.114. The Morgan fingerprint density at radius 1 is 0.963 bits per heavy atom. The lowest BCUT2D eigenvalue weighted by atomic mass is 10.3. The number of thioether (sulfide) groups is 1. The summed E-state index contributed by atoms with van der Waals surface area (Å²) >= 11 is 4.60. The van der Waals surface area contributed by atoms with Crippen LogP contribution in [0.15, 0.2) is 71.3 Å². The van der Waals surface area contributed by atoms with E-state index in [9.17, 15) is 9.59 Å². The second-order valence-corrected chi connectivity index (χ2v) is 7.48. The average Bonchev–Trinajstić information content (AvgIpc) is 3.11. The first-order valence-electron chi connectivity index (χ1n) is 8.14. The maximum absolute atomic E-state index is 12.0. The smallest absolute Gasteiger partial charge is 0.235 e. The lowest BCUT2D eigenvalue weighted by Gasteiger charge is -2.06. The van der Waals surface area contributed by atoms with E-state index in [1.807, 2.05) is 54.6 Å². The third kappa shape index (κ3) is 5.97. The molecule has 3 rings (SSSR count). The zero-order valence-corrected chi connectivity index (χ0v) is 16.7. The van der Waals surface area contributed by atoms with Crippen molar-refractivity contribution in [2.75, 3.05) is 22.1 Å². The Kier molecular flexibility index (Phi) is 6.67. The third-order valence-corrected chi connectivity index (χ3v) is 4.88. The Morgan fingerprint density at radius 3 is 2.44 bits per heavy atom. The number of hydrogen-bond acceptors (Lipinski definition) is 4. The number of nitrogens with zero attached hydrogens (tertiary/aromatic N) is 2. The molecule has 0 aliphatic carbocycles. The standard InChI is InChI=1S/C19H17BrN4O2S/c20-14-5-4-6-15(11-14)21-18(25)12-27-13-19(26)22-17-9-10-24(23-17)16-7-2-1-3-8-16/h1-11H,12-13H2,(H,21,25)(H,22,23,26). The van der Waals surface area contributed by atoms with Gasteiger partial charge in [0.2, 0.25) is 11.8 Å². The number of para-hydroxylation sites is 1. The van der Waals surface area contributed by atoms with E-state index in [4.69, 9.17) is 0 Å². The Balaban J connectivity index is 1.42. The molecule has 0 spiro atoms. The maximum Gasteiger partial charge on any atom is 0.235 e. The zero-order valence-electron chi connectivity index (χ0n) is 14.3. The van der Waals surface area contributed by atoms with Gasteiger partial charge in [0.1, 0.15) is 0 Å². The SMILES string of the molecule is O=C(CSCC(=O)Nc1ccn(-c2ccccc2)n1)Nc1cccc(Br)c1. The van der Waals surface area contributed by atoms with Crippen molar-refractivity contribution in [1.29, 1.82) is 0 Å². The molecule has 0 unspecified atom stereocenters. The molecule has 8 heteroatoms. The Labute approximate surface area is 169 Å². The fourth-order valence-corrected chi connectivity index (χ4v) is 3.31. The highest BCUT2D eigenvalue weighted by atomic mass is 79.9. The summed E-state index contributed by atoms with van der Waals surface area (Å²) in [6, 6.07) is 18.7. The molecular formula is C19H17BrN4O2S. The van der Waals surface area contributed by atoms with Crippen LogP contribution in [0.3, 0.4) is 0 Å². The van der Waals surface area contributed by atoms with Gasteiger partial charge >= 0.3 is 0 Å². The molecule has 0 aliphatic rings. The minimum absolute atomic E-state index is 0.153. The predicted octanol–water partition coefficient (Wildman–Crippen LogP) is 3.95. The maximum atomic E-state index is 12.0. The van der Waals surface area contributed by atoms with E-state index in [0.717, 1.165) is 10.2 Å². The molecule has 2 amide bonds. The summed E-state index contributed by atoms with van der Waals surface area (Å²) in [5.74, 6) is 0.485. The fourth-order valence-electron chi connectivity index (χ4n) is 2.29. The van der Waals surface area contributed by atoms with E-state index in [1.165, 1.54) is 11.8 Å². The summed E-state index contributed by atoms with van der Waals surface area (Å²) in [6.07, 6.45) is 1.78. The van der Waals surface area contributed by atoms with E-state index in [0.29, 0.717) is 11.5 Å². The summed E-state index contributed by atoms with van der Waals surface area (Å²) in [6.45, 7) is 0. The van der Waals surface area contributed by atoms with Crippen LogP contribution in [0, 0.1) is 0 Å². The van der Waals surface area contributed by atoms with Gasteiger partial charge in [-0.05, 0) is 30.3 Å². The average molecular weight is 445 g/mol. The van der Waals surface area contributed by atoms with E-state index in [1.54, 1.807) is 16.9 Å². The van der Waals surface area contributed by atoms with E-state index >= 15 is 0 Å². The highest BCUT2D eigenvalue weighted by Crippen LogP contribution is 2.16. The van der Waals surface area contributed by atoms with Gasteiger partial charge in [-0.3, -0.25) is 9.59 Å². The van der Waals surface area contributed by atoms with Crippen molar-refractivity contribution in [3.05, 3.63) is 71.3 Å². The number of amides is 2. The van der Waals surface area contributed by atoms with Gasteiger partial charge in [-0.25, -0.2) is 4.68 Å². The molecule has 138 valence electrons. The largest absolute Gasteiger partial charge is 0.325 e. The van der Waals surface area contributed by atoms with E-state index in [-0.39, 0.29) is 23.3 Å². The van der Waals surface area contributed by atoms with Crippen LogP contribution in [-0.4, -0.2) is 33.1 Å². The summed E-state index contributed by atoms with van der Waals surface area (Å²) in [7, 11) is 0. The van der Waals surface area contributed by atoms with Gasteiger partial charge in [0.05, 0.1) is 17.2 Å². The molecule has 1 aromatic heterocycles. The molecule has 0 fully saturated rings. The first kappa shape index (κ1) is 19.2. The van der Waals surface area contributed by atoms with Gasteiger partial charge in [-0.15, -0.1) is 11.8 Å². The van der Waals surface area contributed by atoms with Crippen molar-refractivity contribution in [2.24, 2.45) is 0 Å². The second-order valence-electron chi connectivity index (χ2n) is 5.58. The van der Waals surface area contributed by atoms with Crippen LogP contribution in [0.1, 0.15) is 0 Å². The van der Waals surface area contributed by atoms with Crippen LogP contribution in [-0.2, 0) is 9.59 Å². The normalized spacial score (nSPS) is 10.4. The minimum atomic E-state index is -0.200. The number of rotatable bonds is 7. The predicted molar refractivity (Wildman–Crippen MR) is 112 cm³/mol. The molecule has 6 nitrogen and oxygen atoms in total. The van der Waals surface area contributed by atoms with Crippen LogP contribution in [0.2, 0.25) is 0 Å². The Bertz CT molecular complexity index is 930. The van der Waals surface area contributed by atoms with Crippen molar-refractivity contribution in [1.82, 2.24) is 9.78 Å². The molecule has 2 aromatic carbocycles. The minimum Gasteiger partial charge on any atom is -0.325 e. The van der Waals surface area contributed by atoms with Gasteiger partial charge < -0.3 is 10.6 Å². The van der Waals surface area contributed by atoms with Gasteiger partial charge in [-0.2, -0.15) is 5.10 Å². The summed E-state index contributed by atoms with van der Waals surface area (Å²) in [5, 5.41) is 9.84. The second kappa shape index (κ2) is 9.38. The van der Waals surface area contributed by atoms with E-state index in [2.05, 4.69) is 31.7 Å². The quantitative estimate of drug-likeness (QED) is 0.578. The van der Waals surface area contributed by atoms with Crippen molar-refractivity contribution in [3.63, 3.8) is 0 Å². The lowest BCUT2D eigenvalue weighted by Crippen LogP contribution is -2.18. The number of aromatic nitrogens is 2. The number of hydrogen-bond donors (Lipinski definition) is 2.